The van der Waals surface area contributed by atoms with Gasteiger partial charge in [0.1, 0.15) is 5.82 Å². The van der Waals surface area contributed by atoms with Gasteiger partial charge in [-0.3, -0.25) is 0 Å². The third-order valence-electron chi connectivity index (χ3n) is 3.94. The molecule has 96 valence electrons. The van der Waals surface area contributed by atoms with Gasteiger partial charge in [-0.05, 0) is 31.7 Å². The van der Waals surface area contributed by atoms with E-state index in [0.717, 1.165) is 30.7 Å². The van der Waals surface area contributed by atoms with Gasteiger partial charge in [0.15, 0.2) is 0 Å². The van der Waals surface area contributed by atoms with E-state index in [1.807, 2.05) is 13.1 Å². The molecule has 1 aliphatic rings. The minimum atomic E-state index is 0.921. The highest BCUT2D eigenvalue weighted by Gasteiger charge is 2.17. The van der Waals surface area contributed by atoms with Crippen molar-refractivity contribution in [3.8, 4) is 0 Å². The molecule has 0 unspecified atom stereocenters. The first kappa shape index (κ1) is 12.6. The summed E-state index contributed by atoms with van der Waals surface area (Å²) in [7, 11) is 0. The maximum Gasteiger partial charge on any atom is 0.103 e. The summed E-state index contributed by atoms with van der Waals surface area (Å²) in [6.45, 7) is 6.43. The van der Waals surface area contributed by atoms with Gasteiger partial charge >= 0.3 is 0 Å². The highest BCUT2D eigenvalue weighted by Crippen LogP contribution is 2.29. The summed E-state index contributed by atoms with van der Waals surface area (Å²) in [4.78, 5) is 7.44. The number of nitrogens with zero attached hydrogens (tertiary/aromatic N) is 1. The fraction of sp³-hybridized carbons (Fsp3) is 0.786. The average molecular weight is 235 g/mol. The molecule has 1 aliphatic carbocycles. The molecule has 3 nitrogen and oxygen atoms in total. The smallest absolute Gasteiger partial charge is 0.103 e. The number of aryl methyl sites for hydroxylation is 1. The molecule has 3 heteroatoms. The molecule has 1 saturated carbocycles. The van der Waals surface area contributed by atoms with E-state index in [9.17, 15) is 0 Å². The van der Waals surface area contributed by atoms with Crippen molar-refractivity contribution in [3.63, 3.8) is 0 Å². The molecule has 0 aliphatic heterocycles. The lowest BCUT2D eigenvalue weighted by Crippen LogP contribution is -2.20. The van der Waals surface area contributed by atoms with Crippen molar-refractivity contribution in [1.29, 1.82) is 0 Å². The normalized spacial score (nSPS) is 25.1. The molecule has 1 fully saturated rings. The lowest BCUT2D eigenvalue weighted by molar-refractivity contribution is 0.275. The standard InChI is InChI=1S/C14H25N3/c1-11-3-5-13(6-4-11)7-8-15-9-14-10-16-12(2)17-14/h10-11,13,15H,3-9H2,1-2H3,(H,16,17). The van der Waals surface area contributed by atoms with Gasteiger partial charge in [0, 0.05) is 18.4 Å². The van der Waals surface area contributed by atoms with Gasteiger partial charge in [-0.1, -0.05) is 32.6 Å². The van der Waals surface area contributed by atoms with Gasteiger partial charge in [0.2, 0.25) is 0 Å². The average Bonchev–Trinajstić information content (AvgIpc) is 2.73. The van der Waals surface area contributed by atoms with Gasteiger partial charge in [-0.2, -0.15) is 0 Å². The second-order valence-electron chi connectivity index (χ2n) is 5.59. The van der Waals surface area contributed by atoms with Gasteiger partial charge in [0.05, 0.1) is 0 Å². The van der Waals surface area contributed by atoms with Crippen molar-refractivity contribution in [1.82, 2.24) is 15.3 Å². The van der Waals surface area contributed by atoms with Crippen molar-refractivity contribution in [2.24, 2.45) is 11.8 Å². The van der Waals surface area contributed by atoms with Crippen LogP contribution >= 0.6 is 0 Å². The van der Waals surface area contributed by atoms with E-state index in [-0.39, 0.29) is 0 Å². The Morgan fingerprint density at radius 1 is 1.35 bits per heavy atom. The summed E-state index contributed by atoms with van der Waals surface area (Å²) < 4.78 is 0. The third kappa shape index (κ3) is 4.15. The topological polar surface area (TPSA) is 40.7 Å². The van der Waals surface area contributed by atoms with Crippen molar-refractivity contribution in [2.75, 3.05) is 6.54 Å². The van der Waals surface area contributed by atoms with Gasteiger partial charge in [-0.25, -0.2) is 4.98 Å². The van der Waals surface area contributed by atoms with E-state index >= 15 is 0 Å². The Kier molecular flexibility index (Phi) is 4.60. The minimum Gasteiger partial charge on any atom is -0.345 e. The quantitative estimate of drug-likeness (QED) is 0.770. The molecule has 0 radical (unpaired) electrons. The summed E-state index contributed by atoms with van der Waals surface area (Å²) in [5.74, 6) is 2.93. The zero-order valence-corrected chi connectivity index (χ0v) is 11.1. The number of nitrogens with one attached hydrogen (secondary N) is 2. The van der Waals surface area contributed by atoms with E-state index in [2.05, 4.69) is 22.2 Å². The van der Waals surface area contributed by atoms with Crippen LogP contribution in [0.4, 0.5) is 0 Å². The fourth-order valence-corrected chi connectivity index (χ4v) is 2.71. The second-order valence-corrected chi connectivity index (χ2v) is 5.59. The minimum absolute atomic E-state index is 0.921. The maximum absolute atomic E-state index is 4.20. The molecule has 0 aromatic carbocycles. The Labute approximate surface area is 104 Å². The van der Waals surface area contributed by atoms with Gasteiger partial charge < -0.3 is 10.3 Å². The molecule has 0 atom stereocenters. The SMILES string of the molecule is Cc1ncc(CNCCC2CCC(C)CC2)[nH]1. The molecule has 1 aromatic heterocycles. The summed E-state index contributed by atoms with van der Waals surface area (Å²) in [5.41, 5.74) is 1.19. The molecule has 0 saturated heterocycles. The maximum atomic E-state index is 4.20. The van der Waals surface area contributed by atoms with Crippen LogP contribution in [0.2, 0.25) is 0 Å². The summed E-state index contributed by atoms with van der Waals surface area (Å²) >= 11 is 0. The summed E-state index contributed by atoms with van der Waals surface area (Å²) in [5, 5.41) is 3.50. The molecular weight excluding hydrogens is 210 g/mol. The first-order valence-corrected chi connectivity index (χ1v) is 6.95. The molecule has 0 amide bonds. The van der Waals surface area contributed by atoms with Crippen molar-refractivity contribution in [3.05, 3.63) is 17.7 Å². The van der Waals surface area contributed by atoms with E-state index in [1.54, 1.807) is 0 Å². The van der Waals surface area contributed by atoms with Crippen LogP contribution in [-0.2, 0) is 6.54 Å². The molecule has 2 N–H and O–H groups in total. The second kappa shape index (κ2) is 6.20. The zero-order chi connectivity index (χ0) is 12.1. The van der Waals surface area contributed by atoms with E-state index < -0.39 is 0 Å². The third-order valence-corrected chi connectivity index (χ3v) is 3.94. The Bertz CT molecular complexity index is 324. The Hall–Kier alpha value is -0.830. The number of aromatic nitrogens is 2. The van der Waals surface area contributed by atoms with Crippen molar-refractivity contribution < 1.29 is 0 Å². The van der Waals surface area contributed by atoms with E-state index in [0.29, 0.717) is 0 Å². The van der Waals surface area contributed by atoms with E-state index in [1.165, 1.54) is 37.8 Å². The fourth-order valence-electron chi connectivity index (χ4n) is 2.71. The number of aromatic amines is 1. The van der Waals surface area contributed by atoms with Gasteiger partial charge in [0.25, 0.3) is 0 Å². The number of H-pyrrole nitrogens is 1. The number of hydrogen-bond donors (Lipinski definition) is 2. The Balaban J connectivity index is 1.57. The van der Waals surface area contributed by atoms with Crippen LogP contribution in [0.1, 0.15) is 50.5 Å². The summed E-state index contributed by atoms with van der Waals surface area (Å²) in [6.07, 6.45) is 9.00. The molecular formula is C14H25N3. The molecule has 1 aromatic rings. The number of rotatable bonds is 5. The Morgan fingerprint density at radius 2 is 2.12 bits per heavy atom. The Morgan fingerprint density at radius 3 is 2.76 bits per heavy atom. The van der Waals surface area contributed by atoms with Crippen LogP contribution in [0.3, 0.4) is 0 Å². The van der Waals surface area contributed by atoms with Crippen LogP contribution in [0.5, 0.6) is 0 Å². The van der Waals surface area contributed by atoms with Crippen LogP contribution in [0.15, 0.2) is 6.20 Å². The molecule has 17 heavy (non-hydrogen) atoms. The lowest BCUT2D eigenvalue weighted by atomic mass is 9.81. The highest BCUT2D eigenvalue weighted by atomic mass is 15.0. The monoisotopic (exact) mass is 235 g/mol. The number of imidazole rings is 1. The van der Waals surface area contributed by atoms with Crippen molar-refractivity contribution >= 4 is 0 Å². The first-order chi connectivity index (χ1) is 8.24. The summed E-state index contributed by atoms with van der Waals surface area (Å²) in [6, 6.07) is 0. The first-order valence-electron chi connectivity index (χ1n) is 6.95. The van der Waals surface area contributed by atoms with E-state index in [4.69, 9.17) is 0 Å². The van der Waals surface area contributed by atoms with Crippen LogP contribution in [-0.4, -0.2) is 16.5 Å². The highest BCUT2D eigenvalue weighted by molar-refractivity contribution is 4.99. The van der Waals surface area contributed by atoms with Crippen LogP contribution in [0.25, 0.3) is 0 Å². The predicted molar refractivity (Wildman–Crippen MR) is 70.8 cm³/mol. The molecule has 2 rings (SSSR count). The largest absolute Gasteiger partial charge is 0.345 e. The molecule has 0 bridgehead atoms. The number of hydrogen-bond acceptors (Lipinski definition) is 2. The molecule has 1 heterocycles. The van der Waals surface area contributed by atoms with Gasteiger partial charge in [-0.15, -0.1) is 0 Å². The predicted octanol–water partition coefficient (Wildman–Crippen LogP) is 3.02. The van der Waals surface area contributed by atoms with Crippen LogP contribution in [0, 0.1) is 18.8 Å². The zero-order valence-electron chi connectivity index (χ0n) is 11.1. The van der Waals surface area contributed by atoms with Crippen LogP contribution < -0.4 is 5.32 Å². The lowest BCUT2D eigenvalue weighted by Gasteiger charge is -2.26. The van der Waals surface area contributed by atoms with Crippen molar-refractivity contribution in [2.45, 2.75) is 52.5 Å². The molecule has 0 spiro atoms.